The molecule has 2 heterocycles. The van der Waals surface area contributed by atoms with E-state index in [9.17, 15) is 5.11 Å². The Morgan fingerprint density at radius 2 is 2.24 bits per heavy atom. The number of furan rings is 1. The number of ether oxygens (including phenoxy) is 1. The third-order valence-corrected chi connectivity index (χ3v) is 3.25. The third kappa shape index (κ3) is 2.63. The fraction of sp³-hybridized carbons (Fsp3) is 0.267. The zero-order valence-corrected chi connectivity index (χ0v) is 11.6. The fourth-order valence-corrected chi connectivity index (χ4v) is 2.16. The van der Waals surface area contributed by atoms with Crippen molar-refractivity contribution in [3.8, 4) is 5.75 Å². The number of hydrogen-bond donors (Lipinski definition) is 2. The Morgan fingerprint density at radius 3 is 3.00 bits per heavy atom. The Morgan fingerprint density at radius 1 is 1.33 bits per heavy atom. The van der Waals surface area contributed by atoms with Crippen molar-refractivity contribution in [3.63, 3.8) is 0 Å². The van der Waals surface area contributed by atoms with Gasteiger partial charge < -0.3 is 24.0 Å². The van der Waals surface area contributed by atoms with Gasteiger partial charge in [0.15, 0.2) is 23.5 Å². The second kappa shape index (κ2) is 5.59. The van der Waals surface area contributed by atoms with Crippen LogP contribution in [0.1, 0.15) is 12.2 Å². The topological polar surface area (TPSA) is 80.7 Å². The highest BCUT2D eigenvalue weighted by atomic mass is 16.6. The molecule has 0 saturated carbocycles. The van der Waals surface area contributed by atoms with Crippen LogP contribution in [-0.2, 0) is 5.79 Å². The second-order valence-corrected chi connectivity index (χ2v) is 4.70. The van der Waals surface area contributed by atoms with E-state index in [2.05, 4.69) is 10.3 Å². The predicted molar refractivity (Wildman–Crippen MR) is 75.8 cm³/mol. The van der Waals surface area contributed by atoms with Crippen LogP contribution in [0.5, 0.6) is 5.75 Å². The van der Waals surface area contributed by atoms with Crippen LogP contribution in [0.4, 0.5) is 0 Å². The molecule has 3 rings (SSSR count). The highest BCUT2D eigenvalue weighted by Gasteiger charge is 2.35. The second-order valence-electron chi connectivity index (χ2n) is 4.70. The minimum absolute atomic E-state index is 0.251. The van der Waals surface area contributed by atoms with E-state index >= 15 is 0 Å². The van der Waals surface area contributed by atoms with Gasteiger partial charge in [0.2, 0.25) is 0 Å². The summed E-state index contributed by atoms with van der Waals surface area (Å²) in [5, 5.41) is 14.7. The average Bonchev–Trinajstić information content (AvgIpc) is 3.16. The first-order valence-corrected chi connectivity index (χ1v) is 6.64. The lowest BCUT2D eigenvalue weighted by molar-refractivity contribution is -0.163. The number of fused-ring (bicyclic) bond motifs is 1. The Hall–Kier alpha value is -2.31. The molecule has 6 heteroatoms. The number of aromatic nitrogens is 1. The minimum atomic E-state index is -1.61. The largest absolute Gasteiger partial charge is 0.460 e. The highest BCUT2D eigenvalue weighted by molar-refractivity contribution is 5.82. The zero-order chi connectivity index (χ0) is 14.7. The van der Waals surface area contributed by atoms with E-state index in [-0.39, 0.29) is 5.76 Å². The molecule has 0 saturated heterocycles. The zero-order valence-electron chi connectivity index (χ0n) is 11.6. The van der Waals surface area contributed by atoms with Crippen LogP contribution < -0.4 is 10.1 Å². The van der Waals surface area contributed by atoms with Gasteiger partial charge in [0.05, 0.1) is 12.5 Å². The third-order valence-electron chi connectivity index (χ3n) is 3.25. The molecule has 3 aromatic rings. The number of nitrogens with zero attached hydrogens (tertiary/aromatic N) is 1. The molecule has 0 fully saturated rings. The molecule has 1 aromatic carbocycles. The number of benzene rings is 1. The predicted octanol–water partition coefficient (Wildman–Crippen LogP) is 2.25. The van der Waals surface area contributed by atoms with E-state index in [1.54, 1.807) is 19.4 Å². The van der Waals surface area contributed by atoms with Crippen molar-refractivity contribution in [1.82, 2.24) is 10.3 Å². The maximum Gasteiger partial charge on any atom is 0.270 e. The normalized spacial score (nSPS) is 14.2. The molecule has 0 bridgehead atoms. The monoisotopic (exact) mass is 288 g/mol. The molecule has 110 valence electrons. The lowest BCUT2D eigenvalue weighted by Crippen LogP contribution is -2.35. The van der Waals surface area contributed by atoms with Gasteiger partial charge in [0.1, 0.15) is 0 Å². The number of nitrogens with one attached hydrogen (secondary N) is 1. The summed E-state index contributed by atoms with van der Waals surface area (Å²) in [6.45, 7) is 0.547. The van der Waals surface area contributed by atoms with E-state index in [0.29, 0.717) is 24.3 Å². The fourth-order valence-electron chi connectivity index (χ4n) is 2.16. The molecule has 0 aliphatic carbocycles. The lowest BCUT2D eigenvalue weighted by atomic mass is 10.1. The number of para-hydroxylation sites is 1. The Labute approximate surface area is 121 Å². The van der Waals surface area contributed by atoms with Crippen LogP contribution in [0.3, 0.4) is 0 Å². The van der Waals surface area contributed by atoms with Crippen molar-refractivity contribution in [1.29, 1.82) is 0 Å². The smallest absolute Gasteiger partial charge is 0.270 e. The Balaban J connectivity index is 1.96. The molecule has 0 amide bonds. The molecule has 1 atom stereocenters. The molecule has 2 aromatic heterocycles. The Bertz CT molecular complexity index is 707. The van der Waals surface area contributed by atoms with E-state index in [1.807, 2.05) is 18.2 Å². The standard InChI is InChI=1S/C15H16N2O4/c1-16-7-6-15(18,13-9-17-10-20-13)21-12-4-2-3-11-5-8-19-14(11)12/h2-5,8-10,16,18H,6-7H2,1H3. The van der Waals surface area contributed by atoms with Crippen LogP contribution >= 0.6 is 0 Å². The maximum atomic E-state index is 10.8. The summed E-state index contributed by atoms with van der Waals surface area (Å²) >= 11 is 0. The van der Waals surface area contributed by atoms with Gasteiger partial charge in [-0.15, -0.1) is 0 Å². The van der Waals surface area contributed by atoms with Crippen molar-refractivity contribution in [2.75, 3.05) is 13.6 Å². The van der Waals surface area contributed by atoms with Gasteiger partial charge in [-0.1, -0.05) is 12.1 Å². The molecular formula is C15H16N2O4. The van der Waals surface area contributed by atoms with E-state index in [0.717, 1.165) is 5.39 Å². The summed E-state index contributed by atoms with van der Waals surface area (Å²) in [6, 6.07) is 7.33. The van der Waals surface area contributed by atoms with Gasteiger partial charge >= 0.3 is 0 Å². The first-order chi connectivity index (χ1) is 10.2. The van der Waals surface area contributed by atoms with Gasteiger partial charge in [-0.05, 0) is 19.2 Å². The van der Waals surface area contributed by atoms with Crippen molar-refractivity contribution in [2.45, 2.75) is 12.2 Å². The van der Waals surface area contributed by atoms with Crippen LogP contribution in [-0.4, -0.2) is 23.7 Å². The lowest BCUT2D eigenvalue weighted by Gasteiger charge is -2.26. The number of rotatable bonds is 6. The van der Waals surface area contributed by atoms with Gasteiger partial charge in [0, 0.05) is 18.4 Å². The first kappa shape index (κ1) is 13.7. The minimum Gasteiger partial charge on any atom is -0.460 e. The van der Waals surface area contributed by atoms with Crippen molar-refractivity contribution in [2.24, 2.45) is 0 Å². The summed E-state index contributed by atoms with van der Waals surface area (Å²) in [7, 11) is 1.80. The van der Waals surface area contributed by atoms with Crippen LogP contribution in [0.25, 0.3) is 11.0 Å². The summed E-state index contributed by atoms with van der Waals surface area (Å²) in [5.74, 6) is -0.908. The molecule has 0 spiro atoms. The van der Waals surface area contributed by atoms with Crippen LogP contribution in [0, 0.1) is 0 Å². The van der Waals surface area contributed by atoms with Crippen molar-refractivity contribution >= 4 is 11.0 Å². The van der Waals surface area contributed by atoms with E-state index in [4.69, 9.17) is 13.6 Å². The van der Waals surface area contributed by atoms with E-state index in [1.165, 1.54) is 12.6 Å². The maximum absolute atomic E-state index is 10.8. The van der Waals surface area contributed by atoms with Gasteiger partial charge in [-0.2, -0.15) is 0 Å². The summed E-state index contributed by atoms with van der Waals surface area (Å²) in [4.78, 5) is 3.84. The Kier molecular flexibility index (Phi) is 3.64. The summed E-state index contributed by atoms with van der Waals surface area (Å²) in [5.41, 5.74) is 0.583. The van der Waals surface area contributed by atoms with E-state index < -0.39 is 5.79 Å². The average molecular weight is 288 g/mol. The van der Waals surface area contributed by atoms with Crippen LogP contribution in [0.2, 0.25) is 0 Å². The quantitative estimate of drug-likeness (QED) is 0.677. The number of hydrogen-bond acceptors (Lipinski definition) is 6. The van der Waals surface area contributed by atoms with Gasteiger partial charge in [-0.25, -0.2) is 4.98 Å². The molecule has 2 N–H and O–H groups in total. The molecule has 21 heavy (non-hydrogen) atoms. The van der Waals surface area contributed by atoms with Crippen LogP contribution in [0.15, 0.2) is 52.0 Å². The molecular weight excluding hydrogens is 272 g/mol. The van der Waals surface area contributed by atoms with Crippen molar-refractivity contribution < 1.29 is 18.7 Å². The molecule has 6 nitrogen and oxygen atoms in total. The summed E-state index contributed by atoms with van der Waals surface area (Å²) < 4.78 is 16.4. The summed E-state index contributed by atoms with van der Waals surface area (Å²) in [6.07, 6.45) is 4.59. The highest BCUT2D eigenvalue weighted by Crippen LogP contribution is 2.33. The first-order valence-electron chi connectivity index (χ1n) is 6.64. The number of aliphatic hydroxyl groups is 1. The molecule has 0 aliphatic rings. The molecule has 1 unspecified atom stereocenters. The SMILES string of the molecule is CNCCC(O)(Oc1cccc2ccoc12)c1cnco1. The van der Waals surface area contributed by atoms with Gasteiger partial charge in [-0.3, -0.25) is 0 Å². The van der Waals surface area contributed by atoms with Crippen molar-refractivity contribution in [3.05, 3.63) is 48.9 Å². The molecule has 0 aliphatic heterocycles. The number of oxazole rings is 1. The van der Waals surface area contributed by atoms with Gasteiger partial charge in [0.25, 0.3) is 5.79 Å². The molecule has 0 radical (unpaired) electrons.